The lowest BCUT2D eigenvalue weighted by Crippen LogP contribution is -2.34. The van der Waals surface area contributed by atoms with Crippen LogP contribution in [0.2, 0.25) is 0 Å². The van der Waals surface area contributed by atoms with E-state index >= 15 is 0 Å². The number of anilines is 2. The first-order valence-electron chi connectivity index (χ1n) is 16.2. The minimum absolute atomic E-state index is 0.0220. The van der Waals surface area contributed by atoms with E-state index in [1.165, 1.54) is 86.7 Å². The summed E-state index contributed by atoms with van der Waals surface area (Å²) in [4.78, 5) is 0. The standard InChI is InChI=1S/C42H29N3S/c1-2-10-25(11-3-1)39-41(44-42-40(43-39)32-22-26-12-4-5-13-27(26)23-35(32)46-42)45-33-20-8-18-30-28-16-6-14-24-15-7-17-29(36(24)28)31-19-9-21-34(45)38(31)37(30)33/h1-18,20-23,31,39,41,43-44H,19H2. The highest BCUT2D eigenvalue weighted by atomic mass is 32.1. The number of allylic oxidation sites excluding steroid dienone is 1. The molecule has 3 atom stereocenters. The maximum absolute atomic E-state index is 4.13. The Labute approximate surface area is 270 Å². The lowest BCUT2D eigenvalue weighted by atomic mass is 9.83. The van der Waals surface area contributed by atoms with Crippen LogP contribution in [0.3, 0.4) is 0 Å². The minimum Gasteiger partial charge on any atom is -0.372 e. The molecule has 0 fully saturated rings. The topological polar surface area (TPSA) is 29.0 Å². The molecule has 11 rings (SSSR count). The van der Waals surface area contributed by atoms with Crippen LogP contribution >= 0.6 is 11.3 Å². The zero-order valence-corrected chi connectivity index (χ0v) is 25.8. The maximum Gasteiger partial charge on any atom is 0.129 e. The number of hydrogen-bond donors (Lipinski definition) is 2. The zero-order valence-electron chi connectivity index (χ0n) is 25.0. The molecule has 8 aromatic rings. The fourth-order valence-electron chi connectivity index (χ4n) is 8.68. The molecule has 3 heterocycles. The summed E-state index contributed by atoms with van der Waals surface area (Å²) >= 11 is 1.86. The van der Waals surface area contributed by atoms with Crippen LogP contribution < -0.4 is 10.6 Å². The molecule has 3 nitrogen and oxygen atoms in total. The fraction of sp³-hybridized carbons (Fsp3) is 0.0952. The van der Waals surface area contributed by atoms with Gasteiger partial charge < -0.3 is 15.2 Å². The third-order valence-electron chi connectivity index (χ3n) is 10.6. The summed E-state index contributed by atoms with van der Waals surface area (Å²) in [5.41, 5.74) is 10.7. The number of thiophene rings is 1. The van der Waals surface area contributed by atoms with Gasteiger partial charge in [0.15, 0.2) is 0 Å². The van der Waals surface area contributed by atoms with E-state index in [4.69, 9.17) is 0 Å². The Balaban J connectivity index is 1.19. The molecule has 218 valence electrons. The molecule has 3 aliphatic rings. The number of fused-ring (bicyclic) bond motifs is 6. The van der Waals surface area contributed by atoms with Gasteiger partial charge in [0.25, 0.3) is 0 Å². The Bertz CT molecular complexity index is 2580. The van der Waals surface area contributed by atoms with Crippen molar-refractivity contribution in [2.24, 2.45) is 0 Å². The second-order valence-corrected chi connectivity index (χ2v) is 14.0. The smallest absolute Gasteiger partial charge is 0.129 e. The van der Waals surface area contributed by atoms with Crippen LogP contribution in [-0.2, 0) is 0 Å². The van der Waals surface area contributed by atoms with Gasteiger partial charge in [-0.05, 0) is 80.1 Å². The van der Waals surface area contributed by atoms with Gasteiger partial charge in [-0.3, -0.25) is 0 Å². The quantitative estimate of drug-likeness (QED) is 0.205. The van der Waals surface area contributed by atoms with E-state index in [1.807, 2.05) is 11.3 Å². The van der Waals surface area contributed by atoms with E-state index in [-0.39, 0.29) is 12.2 Å². The summed E-state index contributed by atoms with van der Waals surface area (Å²) in [6.07, 6.45) is 5.77. The van der Waals surface area contributed by atoms with Crippen molar-refractivity contribution in [3.05, 3.63) is 150 Å². The highest BCUT2D eigenvalue weighted by Crippen LogP contribution is 2.55. The van der Waals surface area contributed by atoms with Crippen LogP contribution in [0.4, 0.5) is 10.7 Å². The van der Waals surface area contributed by atoms with E-state index in [2.05, 4.69) is 149 Å². The number of rotatable bonds is 2. The molecule has 3 unspecified atom stereocenters. The average molecular weight is 608 g/mol. The number of nitrogens with one attached hydrogen (secondary N) is 2. The van der Waals surface area contributed by atoms with E-state index < -0.39 is 0 Å². The Hall–Kier alpha value is -5.32. The summed E-state index contributed by atoms with van der Waals surface area (Å²) in [5, 5.41) is 17.4. The second kappa shape index (κ2) is 9.12. The molecular weight excluding hydrogens is 579 g/mol. The monoisotopic (exact) mass is 607 g/mol. The van der Waals surface area contributed by atoms with Crippen molar-refractivity contribution in [2.45, 2.75) is 24.5 Å². The van der Waals surface area contributed by atoms with Crippen LogP contribution in [-0.4, -0.2) is 4.57 Å². The normalized spacial score (nSPS) is 19.3. The molecule has 0 saturated carbocycles. The SMILES string of the molecule is C1=Cc2c3c4c(cccc4n2C2Nc4sc5cc6ccccc6cc5c4NC2c2ccccc2)-c2cccc4cccc(c24)C3C1. The Morgan fingerprint density at radius 2 is 1.41 bits per heavy atom. The van der Waals surface area contributed by atoms with Gasteiger partial charge in [0, 0.05) is 27.1 Å². The molecule has 0 amide bonds. The van der Waals surface area contributed by atoms with E-state index in [1.54, 1.807) is 0 Å². The summed E-state index contributed by atoms with van der Waals surface area (Å²) in [5.74, 6) is 0.316. The molecule has 0 saturated heterocycles. The van der Waals surface area contributed by atoms with Crippen molar-refractivity contribution in [3.8, 4) is 11.1 Å². The van der Waals surface area contributed by atoms with Crippen molar-refractivity contribution in [2.75, 3.05) is 10.6 Å². The third-order valence-corrected chi connectivity index (χ3v) is 11.7. The largest absolute Gasteiger partial charge is 0.372 e. The second-order valence-electron chi connectivity index (χ2n) is 12.9. The van der Waals surface area contributed by atoms with Gasteiger partial charge in [0.05, 0.1) is 17.2 Å². The molecule has 2 aliphatic carbocycles. The molecule has 0 radical (unpaired) electrons. The Kier molecular flexibility index (Phi) is 4.94. The predicted molar refractivity (Wildman–Crippen MR) is 195 cm³/mol. The van der Waals surface area contributed by atoms with Gasteiger partial charge in [0.2, 0.25) is 0 Å². The summed E-state index contributed by atoms with van der Waals surface area (Å²) < 4.78 is 3.91. The molecule has 2 aromatic heterocycles. The Morgan fingerprint density at radius 1 is 0.674 bits per heavy atom. The molecule has 0 bridgehead atoms. The molecular formula is C42H29N3S. The summed E-state index contributed by atoms with van der Waals surface area (Å²) in [7, 11) is 0. The van der Waals surface area contributed by atoms with Crippen molar-refractivity contribution >= 4 is 70.6 Å². The fourth-order valence-corrected chi connectivity index (χ4v) is 9.81. The van der Waals surface area contributed by atoms with Crippen LogP contribution in [0.15, 0.2) is 127 Å². The van der Waals surface area contributed by atoms with Gasteiger partial charge in [-0.2, -0.15) is 0 Å². The molecule has 4 heteroatoms. The first-order chi connectivity index (χ1) is 22.8. The van der Waals surface area contributed by atoms with Crippen LogP contribution in [0.25, 0.3) is 59.7 Å². The minimum atomic E-state index is -0.0345. The van der Waals surface area contributed by atoms with E-state index in [0.29, 0.717) is 5.92 Å². The van der Waals surface area contributed by atoms with Crippen LogP contribution in [0, 0.1) is 0 Å². The predicted octanol–water partition coefficient (Wildman–Crippen LogP) is 11.5. The first kappa shape index (κ1) is 24.9. The van der Waals surface area contributed by atoms with Gasteiger partial charge in [-0.25, -0.2) is 0 Å². The van der Waals surface area contributed by atoms with Crippen LogP contribution in [0.5, 0.6) is 0 Å². The summed E-state index contributed by atoms with van der Waals surface area (Å²) in [6.45, 7) is 0. The molecule has 1 aliphatic heterocycles. The van der Waals surface area contributed by atoms with Crippen molar-refractivity contribution in [3.63, 3.8) is 0 Å². The van der Waals surface area contributed by atoms with E-state index in [9.17, 15) is 0 Å². The lowest BCUT2D eigenvalue weighted by molar-refractivity contribution is 0.492. The lowest BCUT2D eigenvalue weighted by Gasteiger charge is -2.37. The van der Waals surface area contributed by atoms with Gasteiger partial charge >= 0.3 is 0 Å². The van der Waals surface area contributed by atoms with Crippen molar-refractivity contribution in [1.82, 2.24) is 4.57 Å². The number of nitrogens with zero attached hydrogens (tertiary/aromatic N) is 1. The molecule has 0 spiro atoms. The van der Waals surface area contributed by atoms with Crippen molar-refractivity contribution < 1.29 is 0 Å². The summed E-state index contributed by atoms with van der Waals surface area (Å²) in [6, 6.07) is 45.0. The van der Waals surface area contributed by atoms with Gasteiger partial charge in [-0.15, -0.1) is 11.3 Å². The van der Waals surface area contributed by atoms with Crippen molar-refractivity contribution in [1.29, 1.82) is 0 Å². The van der Waals surface area contributed by atoms with E-state index in [0.717, 1.165) is 6.42 Å². The highest BCUT2D eigenvalue weighted by Gasteiger charge is 2.38. The van der Waals surface area contributed by atoms with Crippen LogP contribution in [0.1, 0.15) is 46.9 Å². The number of benzene rings is 6. The number of hydrogen-bond acceptors (Lipinski definition) is 3. The first-order valence-corrected chi connectivity index (χ1v) is 17.0. The molecule has 2 N–H and O–H groups in total. The van der Waals surface area contributed by atoms with Gasteiger partial charge in [-0.1, -0.05) is 109 Å². The molecule has 46 heavy (non-hydrogen) atoms. The Morgan fingerprint density at radius 3 is 2.28 bits per heavy atom. The van der Waals surface area contributed by atoms with Gasteiger partial charge in [0.1, 0.15) is 11.2 Å². The third kappa shape index (κ3) is 3.27. The number of aromatic nitrogens is 1. The average Bonchev–Trinajstić information content (AvgIpc) is 3.60. The highest BCUT2D eigenvalue weighted by molar-refractivity contribution is 7.23. The molecule has 6 aromatic carbocycles. The zero-order chi connectivity index (χ0) is 29.9. The maximum atomic E-state index is 4.13.